The van der Waals surface area contributed by atoms with Crippen LogP contribution in [0.3, 0.4) is 0 Å². The van der Waals surface area contributed by atoms with Gasteiger partial charge in [-0.2, -0.15) is 5.11 Å². The first kappa shape index (κ1) is 33.1. The van der Waals surface area contributed by atoms with Crippen molar-refractivity contribution in [1.82, 2.24) is 0 Å². The lowest BCUT2D eigenvalue weighted by Gasteiger charge is -2.20. The number of azo groups is 2. The van der Waals surface area contributed by atoms with Gasteiger partial charge < -0.3 is 4.90 Å². The van der Waals surface area contributed by atoms with Gasteiger partial charge in [0.25, 0.3) is 0 Å². The molecule has 0 aromatic heterocycles. The summed E-state index contributed by atoms with van der Waals surface area (Å²) in [6, 6.07) is 16.7. The van der Waals surface area contributed by atoms with Crippen molar-refractivity contribution in [3.8, 4) is 0 Å². The van der Waals surface area contributed by atoms with Crippen LogP contribution in [0.2, 0.25) is 0 Å². The SMILES string of the molecule is CCCCCCCCCCCCc1ccc(N=N/C2=C/CSC(N=Nc3ccc(N(CC)CC)cc3)=NCS2)cc1. The number of aryl methyl sites for hydroxylation is 1. The van der Waals surface area contributed by atoms with Crippen molar-refractivity contribution >= 4 is 45.8 Å². The van der Waals surface area contributed by atoms with Gasteiger partial charge >= 0.3 is 0 Å². The van der Waals surface area contributed by atoms with E-state index in [0.29, 0.717) is 11.0 Å². The minimum absolute atomic E-state index is 0.547. The number of amidine groups is 1. The van der Waals surface area contributed by atoms with Crippen LogP contribution < -0.4 is 4.90 Å². The van der Waals surface area contributed by atoms with Gasteiger partial charge in [-0.15, -0.1) is 15.3 Å². The number of nitrogens with zero attached hydrogens (tertiary/aromatic N) is 6. The average Bonchev–Trinajstić information content (AvgIpc) is 2.99. The average molecular weight is 593 g/mol. The predicted molar refractivity (Wildman–Crippen MR) is 181 cm³/mol. The summed E-state index contributed by atoms with van der Waals surface area (Å²) in [4.78, 5) is 6.89. The summed E-state index contributed by atoms with van der Waals surface area (Å²) < 4.78 is 0. The maximum absolute atomic E-state index is 4.59. The molecule has 0 aliphatic carbocycles. The normalized spacial score (nSPS) is 15.5. The van der Waals surface area contributed by atoms with E-state index in [1.807, 2.05) is 12.1 Å². The van der Waals surface area contributed by atoms with Crippen molar-refractivity contribution in [3.63, 3.8) is 0 Å². The van der Waals surface area contributed by atoms with E-state index in [9.17, 15) is 0 Å². The van der Waals surface area contributed by atoms with E-state index in [-0.39, 0.29) is 0 Å². The molecule has 0 atom stereocenters. The lowest BCUT2D eigenvalue weighted by Crippen LogP contribution is -2.21. The second-order valence-corrected chi connectivity index (χ2v) is 12.2. The number of benzene rings is 2. The van der Waals surface area contributed by atoms with E-state index in [1.54, 1.807) is 23.5 Å². The van der Waals surface area contributed by atoms with Gasteiger partial charge in [-0.1, -0.05) is 100 Å². The van der Waals surface area contributed by atoms with E-state index in [2.05, 4.69) is 93.6 Å². The van der Waals surface area contributed by atoms with Crippen molar-refractivity contribution in [1.29, 1.82) is 0 Å². The first-order chi connectivity index (χ1) is 20.2. The predicted octanol–water partition coefficient (Wildman–Crippen LogP) is 11.5. The highest BCUT2D eigenvalue weighted by Crippen LogP contribution is 2.26. The third-order valence-electron chi connectivity index (χ3n) is 7.13. The zero-order valence-corrected chi connectivity index (χ0v) is 26.9. The Kier molecular flexibility index (Phi) is 16.5. The molecule has 0 amide bonds. The Morgan fingerprint density at radius 2 is 1.24 bits per heavy atom. The monoisotopic (exact) mass is 592 g/mol. The number of hydrogen-bond donors (Lipinski definition) is 0. The van der Waals surface area contributed by atoms with Gasteiger partial charge in [-0.3, -0.25) is 0 Å². The molecule has 0 fully saturated rings. The Bertz CT molecular complexity index is 1110. The molecule has 8 heteroatoms. The number of aliphatic imine (C=N–C) groups is 1. The van der Waals surface area contributed by atoms with Crippen LogP contribution in [0.15, 0.2) is 85.1 Å². The van der Waals surface area contributed by atoms with Crippen molar-refractivity contribution in [2.45, 2.75) is 91.4 Å². The molecule has 6 nitrogen and oxygen atoms in total. The lowest BCUT2D eigenvalue weighted by molar-refractivity contribution is 0.556. The maximum atomic E-state index is 4.59. The molecule has 0 radical (unpaired) electrons. The topological polar surface area (TPSA) is 65.0 Å². The fraction of sp³-hybridized carbons (Fsp3) is 0.545. The molecule has 0 N–H and O–H groups in total. The molecule has 0 bridgehead atoms. The van der Waals surface area contributed by atoms with E-state index < -0.39 is 0 Å². The summed E-state index contributed by atoms with van der Waals surface area (Å²) in [5, 5.41) is 19.3. The van der Waals surface area contributed by atoms with E-state index in [4.69, 9.17) is 0 Å². The number of rotatable bonds is 17. The van der Waals surface area contributed by atoms with Crippen molar-refractivity contribution in [2.75, 3.05) is 29.6 Å². The van der Waals surface area contributed by atoms with Crippen LogP contribution in [0.1, 0.15) is 90.5 Å². The van der Waals surface area contributed by atoms with Crippen molar-refractivity contribution in [2.24, 2.45) is 25.4 Å². The van der Waals surface area contributed by atoms with E-state index >= 15 is 0 Å². The van der Waals surface area contributed by atoms with Gasteiger partial charge in [0.15, 0.2) is 0 Å². The molecule has 0 unspecified atom stereocenters. The standard InChI is InChI=1S/C33H48N6S2/c1-4-7-8-9-10-11-12-13-14-15-16-28-17-19-29(20-18-28)35-37-32-25-26-40-33(34-27-41-32)38-36-30-21-23-31(24-22-30)39(5-2)6-3/h17-25H,4-16,26-27H2,1-3H3/b32-25-,34-33?,37-35?,38-36?. The molecule has 41 heavy (non-hydrogen) atoms. The first-order valence-electron chi connectivity index (χ1n) is 15.5. The van der Waals surface area contributed by atoms with Crippen LogP contribution in [-0.2, 0) is 6.42 Å². The van der Waals surface area contributed by atoms with E-state index in [0.717, 1.165) is 41.7 Å². The molecule has 0 saturated heterocycles. The summed E-state index contributed by atoms with van der Waals surface area (Å²) in [5.74, 6) is 1.28. The Morgan fingerprint density at radius 3 is 1.88 bits per heavy atom. The molecule has 1 heterocycles. The summed E-state index contributed by atoms with van der Waals surface area (Å²) in [5.41, 5.74) is 4.31. The van der Waals surface area contributed by atoms with Gasteiger partial charge in [-0.25, -0.2) is 4.99 Å². The van der Waals surface area contributed by atoms with E-state index in [1.165, 1.54) is 75.5 Å². The summed E-state index contributed by atoms with van der Waals surface area (Å²) in [6.45, 7) is 8.59. The molecule has 2 aromatic rings. The second kappa shape index (κ2) is 20.4. The van der Waals surface area contributed by atoms with Crippen LogP contribution in [-0.4, -0.2) is 29.9 Å². The fourth-order valence-electron chi connectivity index (χ4n) is 4.65. The molecule has 2 aromatic carbocycles. The number of thioether (sulfide) groups is 2. The third-order valence-corrected chi connectivity index (χ3v) is 8.74. The quantitative estimate of drug-likeness (QED) is 0.135. The third kappa shape index (κ3) is 13.4. The molecule has 222 valence electrons. The van der Waals surface area contributed by atoms with Crippen LogP contribution in [0.25, 0.3) is 0 Å². The molecule has 1 aliphatic rings. The minimum Gasteiger partial charge on any atom is -0.372 e. The van der Waals surface area contributed by atoms with Crippen LogP contribution in [0.5, 0.6) is 0 Å². The first-order valence-corrected chi connectivity index (χ1v) is 17.5. The highest BCUT2D eigenvalue weighted by atomic mass is 32.2. The van der Waals surface area contributed by atoms with Gasteiger partial charge in [-0.05, 0) is 74.7 Å². The fourth-order valence-corrected chi connectivity index (χ4v) is 6.10. The van der Waals surface area contributed by atoms with Gasteiger partial charge in [0.2, 0.25) is 5.17 Å². The maximum Gasteiger partial charge on any atom is 0.205 e. The van der Waals surface area contributed by atoms with Gasteiger partial charge in [0.05, 0.1) is 17.3 Å². The van der Waals surface area contributed by atoms with Crippen LogP contribution in [0.4, 0.5) is 17.1 Å². The Labute approximate surface area is 256 Å². The molecule has 0 spiro atoms. The zero-order chi connectivity index (χ0) is 29.0. The van der Waals surface area contributed by atoms with Crippen LogP contribution >= 0.6 is 23.5 Å². The molecular formula is C33H48N6S2. The highest BCUT2D eigenvalue weighted by molar-refractivity contribution is 8.14. The summed E-state index contributed by atoms with van der Waals surface area (Å²) in [6.07, 6.45) is 17.0. The van der Waals surface area contributed by atoms with Gasteiger partial charge in [0.1, 0.15) is 5.03 Å². The summed E-state index contributed by atoms with van der Waals surface area (Å²) >= 11 is 3.14. The summed E-state index contributed by atoms with van der Waals surface area (Å²) in [7, 11) is 0. The molecule has 3 rings (SSSR count). The largest absolute Gasteiger partial charge is 0.372 e. The van der Waals surface area contributed by atoms with Crippen molar-refractivity contribution < 1.29 is 0 Å². The Morgan fingerprint density at radius 1 is 0.659 bits per heavy atom. The van der Waals surface area contributed by atoms with Crippen LogP contribution in [0, 0.1) is 0 Å². The Hall–Kier alpha value is -2.45. The van der Waals surface area contributed by atoms with Gasteiger partial charge in [0, 0.05) is 24.5 Å². The lowest BCUT2D eigenvalue weighted by atomic mass is 10.0. The minimum atomic E-state index is 0.547. The second-order valence-electron chi connectivity index (χ2n) is 10.3. The molecule has 1 aliphatic heterocycles. The number of anilines is 1. The zero-order valence-electron chi connectivity index (χ0n) is 25.3. The smallest absolute Gasteiger partial charge is 0.205 e. The number of hydrogen-bond acceptors (Lipinski definition) is 8. The highest BCUT2D eigenvalue weighted by Gasteiger charge is 2.06. The van der Waals surface area contributed by atoms with Crippen molar-refractivity contribution in [3.05, 3.63) is 65.2 Å². The Balaban J connectivity index is 1.35. The number of unbranched alkanes of at least 4 members (excludes halogenated alkanes) is 9. The molecular weight excluding hydrogens is 545 g/mol. The molecule has 0 saturated carbocycles.